The number of aromatic nitrogens is 2. The topological polar surface area (TPSA) is 35.0 Å². The maximum Gasteiger partial charge on any atom is 0.146 e. The first kappa shape index (κ1) is 14.5. The fourth-order valence-corrected chi connectivity index (χ4v) is 3.03. The molecular weight excluding hydrogens is 363 g/mol. The van der Waals surface area contributed by atoms with Crippen LogP contribution in [-0.2, 0) is 11.3 Å². The molecule has 0 amide bonds. The van der Waals surface area contributed by atoms with E-state index < -0.39 is 0 Å². The van der Waals surface area contributed by atoms with E-state index in [-0.39, 0.29) is 0 Å². The van der Waals surface area contributed by atoms with Crippen molar-refractivity contribution < 1.29 is 4.74 Å². The van der Waals surface area contributed by atoms with Gasteiger partial charge in [-0.3, -0.25) is 0 Å². The van der Waals surface area contributed by atoms with Crippen molar-refractivity contribution in [3.05, 3.63) is 20.2 Å². The van der Waals surface area contributed by atoms with Crippen LogP contribution in [0.5, 0.6) is 0 Å². The monoisotopic (exact) mass is 380 g/mol. The number of nitrogens with zero attached hydrogens (tertiary/aromatic N) is 2. The Balaban J connectivity index is 2.26. The SMILES string of the molecule is COCc1nc(C2CCCCCC2)nc(Cl)c1I. The van der Waals surface area contributed by atoms with Gasteiger partial charge in [0.25, 0.3) is 0 Å². The fourth-order valence-electron chi connectivity index (χ4n) is 2.43. The van der Waals surface area contributed by atoms with E-state index in [1.165, 1.54) is 38.5 Å². The van der Waals surface area contributed by atoms with Gasteiger partial charge in [0.05, 0.1) is 15.9 Å². The standard InChI is InChI=1S/C13H18ClIN2O/c1-18-8-10-11(15)12(14)17-13(16-10)9-6-4-2-3-5-7-9/h9H,2-8H2,1H3. The third kappa shape index (κ3) is 3.54. The normalized spacial score (nSPS) is 17.7. The number of halogens is 2. The van der Waals surface area contributed by atoms with E-state index in [0.29, 0.717) is 17.7 Å². The maximum atomic E-state index is 6.20. The molecule has 3 nitrogen and oxygen atoms in total. The zero-order valence-corrected chi connectivity index (χ0v) is 13.5. The lowest BCUT2D eigenvalue weighted by Gasteiger charge is -2.15. The van der Waals surface area contributed by atoms with E-state index in [4.69, 9.17) is 16.3 Å². The van der Waals surface area contributed by atoms with Gasteiger partial charge in [-0.05, 0) is 35.4 Å². The predicted octanol–water partition coefficient (Wildman–Crippen LogP) is 4.32. The Morgan fingerprint density at radius 3 is 2.50 bits per heavy atom. The second-order valence-corrected chi connectivity index (χ2v) is 6.19. The molecule has 0 unspecified atom stereocenters. The summed E-state index contributed by atoms with van der Waals surface area (Å²) in [4.78, 5) is 9.13. The lowest BCUT2D eigenvalue weighted by Crippen LogP contribution is -2.09. The molecule has 0 saturated heterocycles. The molecule has 1 heterocycles. The summed E-state index contributed by atoms with van der Waals surface area (Å²) < 4.78 is 6.09. The summed E-state index contributed by atoms with van der Waals surface area (Å²) >= 11 is 8.39. The highest BCUT2D eigenvalue weighted by Crippen LogP contribution is 2.31. The smallest absolute Gasteiger partial charge is 0.146 e. The molecule has 0 aliphatic heterocycles. The number of rotatable bonds is 3. The maximum absolute atomic E-state index is 6.20. The van der Waals surface area contributed by atoms with Gasteiger partial charge in [0, 0.05) is 13.0 Å². The Bertz CT molecular complexity index is 406. The highest BCUT2D eigenvalue weighted by Gasteiger charge is 2.20. The molecule has 1 aromatic heterocycles. The molecule has 5 heteroatoms. The van der Waals surface area contributed by atoms with Gasteiger partial charge in [0.1, 0.15) is 11.0 Å². The van der Waals surface area contributed by atoms with Crippen LogP contribution in [0.2, 0.25) is 5.15 Å². The second-order valence-electron chi connectivity index (χ2n) is 4.75. The molecule has 18 heavy (non-hydrogen) atoms. The molecule has 1 aliphatic carbocycles. The van der Waals surface area contributed by atoms with Crippen molar-refractivity contribution >= 4 is 34.2 Å². The van der Waals surface area contributed by atoms with Gasteiger partial charge in [-0.1, -0.05) is 37.3 Å². The van der Waals surface area contributed by atoms with Crippen molar-refractivity contribution in [2.75, 3.05) is 7.11 Å². The molecule has 0 bridgehead atoms. The van der Waals surface area contributed by atoms with Crippen molar-refractivity contribution in [3.8, 4) is 0 Å². The highest BCUT2D eigenvalue weighted by atomic mass is 127. The first-order valence-electron chi connectivity index (χ1n) is 6.43. The molecule has 0 radical (unpaired) electrons. The van der Waals surface area contributed by atoms with Crippen LogP contribution in [0.4, 0.5) is 0 Å². The third-order valence-electron chi connectivity index (χ3n) is 3.40. The summed E-state index contributed by atoms with van der Waals surface area (Å²) in [6, 6.07) is 0. The summed E-state index contributed by atoms with van der Waals surface area (Å²) in [5, 5.41) is 0.567. The molecule has 0 N–H and O–H groups in total. The summed E-state index contributed by atoms with van der Waals surface area (Å²) in [5.74, 6) is 1.38. The van der Waals surface area contributed by atoms with Crippen molar-refractivity contribution in [1.82, 2.24) is 9.97 Å². The van der Waals surface area contributed by atoms with Gasteiger partial charge in [-0.15, -0.1) is 0 Å². The van der Waals surface area contributed by atoms with Crippen LogP contribution in [0.25, 0.3) is 0 Å². The molecule has 0 atom stereocenters. The minimum atomic E-state index is 0.470. The van der Waals surface area contributed by atoms with Crippen LogP contribution in [0.15, 0.2) is 0 Å². The largest absolute Gasteiger partial charge is 0.378 e. The van der Waals surface area contributed by atoms with Gasteiger partial charge in [-0.25, -0.2) is 9.97 Å². The number of hydrogen-bond acceptors (Lipinski definition) is 3. The van der Waals surface area contributed by atoms with Gasteiger partial charge in [-0.2, -0.15) is 0 Å². The number of hydrogen-bond donors (Lipinski definition) is 0. The van der Waals surface area contributed by atoms with E-state index >= 15 is 0 Å². The van der Waals surface area contributed by atoms with Crippen LogP contribution in [0, 0.1) is 3.57 Å². The van der Waals surface area contributed by atoms with E-state index in [0.717, 1.165) is 15.1 Å². The van der Waals surface area contributed by atoms with Crippen molar-refractivity contribution in [2.45, 2.75) is 51.0 Å². The molecule has 0 aromatic carbocycles. The van der Waals surface area contributed by atoms with E-state index in [1.807, 2.05) is 0 Å². The molecule has 1 fully saturated rings. The van der Waals surface area contributed by atoms with Gasteiger partial charge in [0.15, 0.2) is 0 Å². The molecule has 0 spiro atoms. The first-order chi connectivity index (χ1) is 8.72. The Labute approximate surface area is 127 Å². The van der Waals surface area contributed by atoms with Crippen LogP contribution in [0.1, 0.15) is 56.0 Å². The zero-order valence-electron chi connectivity index (χ0n) is 10.6. The molecule has 1 aromatic rings. The summed E-state index contributed by atoms with van der Waals surface area (Å²) in [5.41, 5.74) is 0.914. The number of ether oxygens (including phenoxy) is 1. The summed E-state index contributed by atoms with van der Waals surface area (Å²) in [7, 11) is 1.68. The fraction of sp³-hybridized carbons (Fsp3) is 0.692. The first-order valence-corrected chi connectivity index (χ1v) is 7.88. The average molecular weight is 381 g/mol. The van der Waals surface area contributed by atoms with Crippen molar-refractivity contribution in [2.24, 2.45) is 0 Å². The second kappa shape index (κ2) is 7.01. The molecule has 2 rings (SSSR count). The molecular formula is C13H18ClIN2O. The Hall–Kier alpha value is 0.0600. The van der Waals surface area contributed by atoms with Crippen LogP contribution in [-0.4, -0.2) is 17.1 Å². The molecule has 1 saturated carbocycles. The Morgan fingerprint density at radius 1 is 1.22 bits per heavy atom. The van der Waals surface area contributed by atoms with Gasteiger partial charge < -0.3 is 4.74 Å². The van der Waals surface area contributed by atoms with E-state index in [9.17, 15) is 0 Å². The summed E-state index contributed by atoms with van der Waals surface area (Å²) in [6.45, 7) is 0.500. The minimum Gasteiger partial charge on any atom is -0.378 e. The Kier molecular flexibility index (Phi) is 5.63. The highest BCUT2D eigenvalue weighted by molar-refractivity contribution is 14.1. The zero-order chi connectivity index (χ0) is 13.0. The lowest BCUT2D eigenvalue weighted by atomic mass is 9.99. The van der Waals surface area contributed by atoms with Gasteiger partial charge >= 0.3 is 0 Å². The molecule has 1 aliphatic rings. The van der Waals surface area contributed by atoms with Crippen molar-refractivity contribution in [3.63, 3.8) is 0 Å². The predicted molar refractivity (Wildman–Crippen MR) is 80.9 cm³/mol. The summed E-state index contributed by atoms with van der Waals surface area (Å²) in [6.07, 6.45) is 7.58. The number of methoxy groups -OCH3 is 1. The van der Waals surface area contributed by atoms with Crippen LogP contribution in [0.3, 0.4) is 0 Å². The van der Waals surface area contributed by atoms with E-state index in [1.54, 1.807) is 7.11 Å². The third-order valence-corrected chi connectivity index (χ3v) is 5.12. The van der Waals surface area contributed by atoms with Crippen LogP contribution < -0.4 is 0 Å². The van der Waals surface area contributed by atoms with E-state index in [2.05, 4.69) is 32.6 Å². The van der Waals surface area contributed by atoms with Crippen molar-refractivity contribution in [1.29, 1.82) is 0 Å². The molecule has 100 valence electrons. The quantitative estimate of drug-likeness (QED) is 0.445. The lowest BCUT2D eigenvalue weighted by molar-refractivity contribution is 0.180. The average Bonchev–Trinajstić information content (AvgIpc) is 2.63. The van der Waals surface area contributed by atoms with Crippen LogP contribution >= 0.6 is 34.2 Å². The van der Waals surface area contributed by atoms with Gasteiger partial charge in [0.2, 0.25) is 0 Å². The Morgan fingerprint density at radius 2 is 1.89 bits per heavy atom. The minimum absolute atomic E-state index is 0.470.